The van der Waals surface area contributed by atoms with E-state index >= 15 is 0 Å². The molecule has 0 atom stereocenters. The fraction of sp³-hybridized carbons (Fsp3) is 0.625. The lowest BCUT2D eigenvalue weighted by atomic mass is 9.99. The molecule has 0 unspecified atom stereocenters. The summed E-state index contributed by atoms with van der Waals surface area (Å²) in [6.45, 7) is 15.8. The molecule has 2 aliphatic heterocycles. The fourth-order valence-electron chi connectivity index (χ4n) is 5.47. The van der Waals surface area contributed by atoms with Gasteiger partial charge in [-0.15, -0.1) is 0 Å². The molecular formula is C32H44N4O4. The van der Waals surface area contributed by atoms with Gasteiger partial charge in [0.1, 0.15) is 22.8 Å². The van der Waals surface area contributed by atoms with Gasteiger partial charge in [-0.25, -0.2) is 0 Å². The Kier molecular flexibility index (Phi) is 8.76. The zero-order valence-corrected chi connectivity index (χ0v) is 25.5. The van der Waals surface area contributed by atoms with Crippen LogP contribution in [-0.2, 0) is 9.59 Å². The molecule has 2 aromatic rings. The Morgan fingerprint density at radius 2 is 0.925 bits per heavy atom. The van der Waals surface area contributed by atoms with Crippen LogP contribution in [0.25, 0.3) is 10.8 Å². The number of ether oxygens (including phenoxy) is 2. The summed E-state index contributed by atoms with van der Waals surface area (Å²) in [5, 5.41) is 3.80. The van der Waals surface area contributed by atoms with Crippen molar-refractivity contribution in [3.05, 3.63) is 32.6 Å². The summed E-state index contributed by atoms with van der Waals surface area (Å²) < 4.78 is 12.3. The molecule has 2 aromatic carbocycles. The Morgan fingerprint density at radius 3 is 1.27 bits per heavy atom. The zero-order chi connectivity index (χ0) is 29.2. The van der Waals surface area contributed by atoms with Crippen molar-refractivity contribution in [3.63, 3.8) is 0 Å². The predicted octanol–water partition coefficient (Wildman–Crippen LogP) is 5.19. The van der Waals surface area contributed by atoms with Gasteiger partial charge < -0.3 is 9.47 Å². The topological polar surface area (TPSA) is 102 Å². The molecule has 0 aromatic heterocycles. The molecule has 4 rings (SSSR count). The number of unbranched alkanes of at least 4 members (excludes halogenated alkanes) is 6. The van der Waals surface area contributed by atoms with Gasteiger partial charge in [0.2, 0.25) is 0 Å². The van der Waals surface area contributed by atoms with Crippen molar-refractivity contribution >= 4 is 22.7 Å². The summed E-state index contributed by atoms with van der Waals surface area (Å²) in [5.41, 5.74) is 0.0265. The molecule has 0 saturated carbocycles. The SMILES string of the molecule is CCCCCCC(=O)Oc1c(C)c2c(c3c(OC(=O)CCCCCC)c(C)c4c(c13)=NC(C)(C)N=4)=NC(C)(C)N=2. The number of nitrogens with zero attached hydrogens (tertiary/aromatic N) is 4. The maximum atomic E-state index is 13.1. The molecular weight excluding hydrogens is 504 g/mol. The third-order valence-electron chi connectivity index (χ3n) is 7.46. The Labute approximate surface area is 236 Å². The van der Waals surface area contributed by atoms with Gasteiger partial charge in [0.05, 0.1) is 32.2 Å². The minimum Gasteiger partial charge on any atom is -0.425 e. The normalized spacial score (nSPS) is 15.9. The second kappa shape index (κ2) is 11.8. The van der Waals surface area contributed by atoms with Gasteiger partial charge in [0, 0.05) is 24.0 Å². The van der Waals surface area contributed by atoms with E-state index in [1.807, 2.05) is 41.5 Å². The largest absolute Gasteiger partial charge is 0.425 e. The lowest BCUT2D eigenvalue weighted by molar-refractivity contribution is -0.135. The van der Waals surface area contributed by atoms with E-state index in [0.717, 1.165) is 62.5 Å². The van der Waals surface area contributed by atoms with Crippen LogP contribution in [0.4, 0.5) is 0 Å². The van der Waals surface area contributed by atoms with Crippen LogP contribution in [0.5, 0.6) is 11.5 Å². The van der Waals surface area contributed by atoms with Crippen LogP contribution in [0.3, 0.4) is 0 Å². The lowest BCUT2D eigenvalue weighted by Crippen LogP contribution is -2.35. The smallest absolute Gasteiger partial charge is 0.311 e. The first-order chi connectivity index (χ1) is 18.9. The average Bonchev–Trinajstić information content (AvgIpc) is 3.39. The van der Waals surface area contributed by atoms with Crippen molar-refractivity contribution in [3.8, 4) is 11.5 Å². The van der Waals surface area contributed by atoms with Gasteiger partial charge in [0.15, 0.2) is 0 Å². The van der Waals surface area contributed by atoms with Crippen LogP contribution >= 0.6 is 0 Å². The molecule has 0 amide bonds. The van der Waals surface area contributed by atoms with Gasteiger partial charge in [-0.05, 0) is 54.4 Å². The zero-order valence-electron chi connectivity index (χ0n) is 25.5. The number of rotatable bonds is 12. The molecule has 0 spiro atoms. The van der Waals surface area contributed by atoms with E-state index in [4.69, 9.17) is 29.4 Å². The van der Waals surface area contributed by atoms with E-state index in [0.29, 0.717) is 56.5 Å². The second-order valence-electron chi connectivity index (χ2n) is 12.1. The summed E-state index contributed by atoms with van der Waals surface area (Å²) >= 11 is 0. The Morgan fingerprint density at radius 1 is 0.575 bits per heavy atom. The van der Waals surface area contributed by atoms with Crippen LogP contribution in [0.15, 0.2) is 20.0 Å². The third-order valence-corrected chi connectivity index (χ3v) is 7.46. The molecule has 2 aliphatic rings. The van der Waals surface area contributed by atoms with Gasteiger partial charge in [-0.2, -0.15) is 0 Å². The summed E-state index contributed by atoms with van der Waals surface area (Å²) in [7, 11) is 0. The van der Waals surface area contributed by atoms with Crippen LogP contribution in [0.2, 0.25) is 0 Å². The van der Waals surface area contributed by atoms with Crippen LogP contribution in [0, 0.1) is 13.8 Å². The molecule has 40 heavy (non-hydrogen) atoms. The molecule has 0 saturated heterocycles. The summed E-state index contributed by atoms with van der Waals surface area (Å²) in [6.07, 6.45) is 8.50. The van der Waals surface area contributed by atoms with Gasteiger partial charge in [-0.3, -0.25) is 29.6 Å². The molecule has 0 bridgehead atoms. The minimum absolute atomic E-state index is 0.298. The van der Waals surface area contributed by atoms with Crippen molar-refractivity contribution in [2.24, 2.45) is 20.0 Å². The van der Waals surface area contributed by atoms with Crippen molar-refractivity contribution < 1.29 is 19.1 Å². The maximum absolute atomic E-state index is 13.1. The van der Waals surface area contributed by atoms with Gasteiger partial charge in [0.25, 0.3) is 0 Å². The molecule has 0 radical (unpaired) electrons. The first-order valence-corrected chi connectivity index (χ1v) is 14.9. The van der Waals surface area contributed by atoms with E-state index < -0.39 is 11.3 Å². The third kappa shape index (κ3) is 6.11. The number of hydrogen-bond donors (Lipinski definition) is 0. The highest BCUT2D eigenvalue weighted by Crippen LogP contribution is 2.33. The van der Waals surface area contributed by atoms with Crippen LogP contribution in [0.1, 0.15) is 117 Å². The van der Waals surface area contributed by atoms with E-state index in [1.165, 1.54) is 0 Å². The molecule has 0 N–H and O–H groups in total. The lowest BCUT2D eigenvalue weighted by Gasteiger charge is -2.16. The van der Waals surface area contributed by atoms with Gasteiger partial charge in [-0.1, -0.05) is 52.4 Å². The van der Waals surface area contributed by atoms with E-state index in [9.17, 15) is 9.59 Å². The number of benzene rings is 2. The second-order valence-corrected chi connectivity index (χ2v) is 12.1. The van der Waals surface area contributed by atoms with Crippen molar-refractivity contribution in [1.82, 2.24) is 0 Å². The Bertz CT molecular complexity index is 1470. The molecule has 216 valence electrons. The van der Waals surface area contributed by atoms with Crippen LogP contribution < -0.4 is 30.9 Å². The van der Waals surface area contributed by atoms with Gasteiger partial charge >= 0.3 is 11.9 Å². The number of carbonyl (C=O) groups is 2. The van der Waals surface area contributed by atoms with Crippen molar-refractivity contribution in [2.75, 3.05) is 0 Å². The summed E-state index contributed by atoms with van der Waals surface area (Å²) in [6, 6.07) is 0. The van der Waals surface area contributed by atoms with E-state index in [-0.39, 0.29) is 11.9 Å². The quantitative estimate of drug-likeness (QED) is 0.207. The number of carbonyl (C=O) groups excluding carboxylic acids is 2. The predicted molar refractivity (Wildman–Crippen MR) is 155 cm³/mol. The van der Waals surface area contributed by atoms with E-state index in [2.05, 4.69) is 13.8 Å². The molecule has 8 heteroatoms. The maximum Gasteiger partial charge on any atom is 0.311 e. The van der Waals surface area contributed by atoms with Crippen molar-refractivity contribution in [2.45, 2.75) is 131 Å². The minimum atomic E-state index is -0.710. The summed E-state index contributed by atoms with van der Waals surface area (Å²) in [4.78, 5) is 45.9. The number of fused-ring (bicyclic) bond motifs is 5. The highest BCUT2D eigenvalue weighted by Gasteiger charge is 2.31. The molecule has 8 nitrogen and oxygen atoms in total. The van der Waals surface area contributed by atoms with Crippen molar-refractivity contribution in [1.29, 1.82) is 0 Å². The first-order valence-electron chi connectivity index (χ1n) is 14.9. The Balaban J connectivity index is 1.97. The molecule has 0 aliphatic carbocycles. The molecule has 0 fully saturated rings. The van der Waals surface area contributed by atoms with Crippen LogP contribution in [-0.4, -0.2) is 23.3 Å². The fourth-order valence-corrected chi connectivity index (χ4v) is 5.47. The first kappa shape index (κ1) is 29.8. The molecule has 2 heterocycles. The Hall–Kier alpha value is -3.16. The van der Waals surface area contributed by atoms with E-state index in [1.54, 1.807) is 0 Å². The summed E-state index contributed by atoms with van der Waals surface area (Å²) in [5.74, 6) is 0.207. The monoisotopic (exact) mass is 548 g/mol. The number of hydrogen-bond acceptors (Lipinski definition) is 8. The highest BCUT2D eigenvalue weighted by atomic mass is 16.5. The standard InChI is InChI=1S/C32H44N4O4/c1-9-11-13-15-17-21(37)39-29-19(3)25-28(36-31(5,6)33-25)24-23(29)27-26(34-32(7,8)35-27)20(4)30(24)40-22(38)18-16-14-12-10-2/h9-18H2,1-8H3. The number of esters is 2. The average molecular weight is 549 g/mol. The highest BCUT2D eigenvalue weighted by molar-refractivity contribution is 5.97.